The Morgan fingerprint density at radius 3 is 2.86 bits per heavy atom. The highest BCUT2D eigenvalue weighted by Crippen LogP contribution is 2.26. The van der Waals surface area contributed by atoms with Gasteiger partial charge in [-0.15, -0.1) is 12.4 Å². The van der Waals surface area contributed by atoms with E-state index in [9.17, 15) is 9.59 Å². The second-order valence-corrected chi connectivity index (χ2v) is 7.51. The lowest BCUT2D eigenvalue weighted by atomic mass is 9.99. The van der Waals surface area contributed by atoms with Crippen molar-refractivity contribution in [2.24, 2.45) is 0 Å². The number of hydrogen-bond acceptors (Lipinski definition) is 4. The van der Waals surface area contributed by atoms with Gasteiger partial charge in [-0.25, -0.2) is 0 Å². The fraction of sp³-hybridized carbons (Fsp3) is 0.409. The number of halogens is 1. The van der Waals surface area contributed by atoms with Crippen molar-refractivity contribution >= 4 is 29.9 Å². The number of amides is 2. The number of aromatic nitrogens is 1. The van der Waals surface area contributed by atoms with Gasteiger partial charge in [0.2, 0.25) is 5.91 Å². The Hall–Kier alpha value is -2.44. The van der Waals surface area contributed by atoms with Gasteiger partial charge in [-0.2, -0.15) is 0 Å². The summed E-state index contributed by atoms with van der Waals surface area (Å²) < 4.78 is 0. The van der Waals surface area contributed by atoms with Gasteiger partial charge in [0, 0.05) is 29.9 Å². The van der Waals surface area contributed by atoms with Gasteiger partial charge in [0.25, 0.3) is 5.91 Å². The third-order valence-electron chi connectivity index (χ3n) is 5.55. The van der Waals surface area contributed by atoms with Crippen molar-refractivity contribution in [2.75, 3.05) is 18.4 Å². The predicted molar refractivity (Wildman–Crippen MR) is 115 cm³/mol. The van der Waals surface area contributed by atoms with Crippen LogP contribution in [-0.4, -0.2) is 40.8 Å². The van der Waals surface area contributed by atoms with Crippen LogP contribution in [0.15, 0.2) is 42.6 Å². The summed E-state index contributed by atoms with van der Waals surface area (Å²) in [5.74, 6) is 0.0755. The lowest BCUT2D eigenvalue weighted by Gasteiger charge is -2.31. The normalized spacial score (nSPS) is 18.6. The van der Waals surface area contributed by atoms with E-state index in [-0.39, 0.29) is 30.3 Å². The molecule has 1 atom stereocenters. The van der Waals surface area contributed by atoms with Gasteiger partial charge in [-0.05, 0) is 74.7 Å². The van der Waals surface area contributed by atoms with Gasteiger partial charge in [0.15, 0.2) is 0 Å². The maximum absolute atomic E-state index is 13.5. The zero-order chi connectivity index (χ0) is 19.3. The summed E-state index contributed by atoms with van der Waals surface area (Å²) in [4.78, 5) is 31.5. The topological polar surface area (TPSA) is 74.3 Å². The molecule has 2 amide bonds. The highest BCUT2D eigenvalue weighted by molar-refractivity contribution is 5.98. The third-order valence-corrected chi connectivity index (χ3v) is 5.55. The van der Waals surface area contributed by atoms with Crippen molar-refractivity contribution in [3.8, 4) is 0 Å². The Kier molecular flexibility index (Phi) is 7.23. The summed E-state index contributed by atoms with van der Waals surface area (Å²) in [5.41, 5.74) is 3.44. The van der Waals surface area contributed by atoms with Crippen LogP contribution in [0.4, 0.5) is 5.69 Å². The molecule has 1 unspecified atom stereocenters. The monoisotopic (exact) mass is 414 g/mol. The van der Waals surface area contributed by atoms with Gasteiger partial charge in [-0.3, -0.25) is 14.6 Å². The van der Waals surface area contributed by atoms with Crippen molar-refractivity contribution in [1.82, 2.24) is 15.2 Å². The Balaban J connectivity index is 0.00000240. The molecule has 0 radical (unpaired) electrons. The molecule has 0 aliphatic carbocycles. The molecule has 0 saturated carbocycles. The van der Waals surface area contributed by atoms with Gasteiger partial charge in [-0.1, -0.05) is 6.07 Å². The van der Waals surface area contributed by atoms with Crippen LogP contribution in [-0.2, 0) is 17.8 Å². The second kappa shape index (κ2) is 9.85. The van der Waals surface area contributed by atoms with E-state index in [1.165, 1.54) is 0 Å². The molecule has 1 aromatic heterocycles. The first-order valence-corrected chi connectivity index (χ1v) is 10.0. The van der Waals surface area contributed by atoms with Gasteiger partial charge < -0.3 is 15.5 Å². The quantitative estimate of drug-likeness (QED) is 0.805. The Labute approximate surface area is 177 Å². The Morgan fingerprint density at radius 1 is 1.14 bits per heavy atom. The largest absolute Gasteiger partial charge is 0.330 e. The first-order chi connectivity index (χ1) is 13.7. The highest BCUT2D eigenvalue weighted by Gasteiger charge is 2.27. The summed E-state index contributed by atoms with van der Waals surface area (Å²) in [6, 6.07) is 11.6. The second-order valence-electron chi connectivity index (χ2n) is 7.51. The summed E-state index contributed by atoms with van der Waals surface area (Å²) in [6.45, 7) is 2.44. The molecule has 7 heteroatoms. The molecule has 4 rings (SSSR count). The number of nitrogens with zero attached hydrogens (tertiary/aromatic N) is 2. The number of nitrogens with one attached hydrogen (secondary N) is 2. The lowest BCUT2D eigenvalue weighted by molar-refractivity contribution is -0.116. The van der Waals surface area contributed by atoms with Crippen LogP contribution in [0.25, 0.3) is 0 Å². The molecule has 0 bridgehead atoms. The molecule has 3 heterocycles. The number of hydrogen-bond donors (Lipinski definition) is 2. The molecular formula is C22H27ClN4O2. The van der Waals surface area contributed by atoms with Crippen molar-refractivity contribution in [2.45, 2.75) is 44.7 Å². The first-order valence-electron chi connectivity index (χ1n) is 10.0. The smallest absolute Gasteiger partial charge is 0.254 e. The third kappa shape index (κ3) is 5.14. The fourth-order valence-corrected chi connectivity index (χ4v) is 4.03. The van der Waals surface area contributed by atoms with E-state index in [1.54, 1.807) is 6.20 Å². The average Bonchev–Trinajstić information content (AvgIpc) is 3.01. The van der Waals surface area contributed by atoms with Crippen molar-refractivity contribution < 1.29 is 9.59 Å². The van der Waals surface area contributed by atoms with E-state index in [0.717, 1.165) is 49.3 Å². The number of anilines is 1. The number of pyridine rings is 1. The van der Waals surface area contributed by atoms with Crippen molar-refractivity contribution in [1.29, 1.82) is 0 Å². The molecule has 6 nitrogen and oxygen atoms in total. The van der Waals surface area contributed by atoms with Crippen molar-refractivity contribution in [3.63, 3.8) is 0 Å². The number of fused-ring (bicyclic) bond motifs is 1. The number of rotatable bonds is 4. The minimum Gasteiger partial charge on any atom is -0.330 e. The molecule has 0 spiro atoms. The van der Waals surface area contributed by atoms with Crippen LogP contribution < -0.4 is 10.6 Å². The van der Waals surface area contributed by atoms with Gasteiger partial charge in [0.05, 0.1) is 12.2 Å². The number of carbonyl (C=O) groups excluding carboxylic acids is 2. The van der Waals surface area contributed by atoms with Gasteiger partial charge in [0.1, 0.15) is 0 Å². The van der Waals surface area contributed by atoms with Crippen LogP contribution in [0.5, 0.6) is 0 Å². The molecule has 29 heavy (non-hydrogen) atoms. The summed E-state index contributed by atoms with van der Waals surface area (Å²) in [7, 11) is 0. The van der Waals surface area contributed by atoms with Gasteiger partial charge >= 0.3 is 0 Å². The van der Waals surface area contributed by atoms with Crippen molar-refractivity contribution in [3.05, 3.63) is 59.4 Å². The van der Waals surface area contributed by atoms with E-state index in [4.69, 9.17) is 0 Å². The molecule has 1 saturated heterocycles. The molecule has 2 N–H and O–H groups in total. The SMILES string of the molecule is Cl.O=C1CCc2cc(C(=O)N(Cc3ccccn3)C3CCCNCC3)ccc2N1. The maximum Gasteiger partial charge on any atom is 0.254 e. The summed E-state index contributed by atoms with van der Waals surface area (Å²) >= 11 is 0. The van der Waals surface area contributed by atoms with E-state index >= 15 is 0 Å². The van der Waals surface area contributed by atoms with E-state index in [1.807, 2.05) is 41.3 Å². The molecule has 2 aliphatic rings. The molecule has 1 fully saturated rings. The predicted octanol–water partition coefficient (Wildman–Crippen LogP) is 3.17. The van der Waals surface area contributed by atoms with E-state index < -0.39 is 0 Å². The Bertz CT molecular complexity index is 851. The van der Waals surface area contributed by atoms with Crippen LogP contribution >= 0.6 is 12.4 Å². The Morgan fingerprint density at radius 2 is 2.03 bits per heavy atom. The maximum atomic E-state index is 13.5. The first kappa shape index (κ1) is 21.3. The summed E-state index contributed by atoms with van der Waals surface area (Å²) in [6.07, 6.45) is 5.92. The molecule has 2 aromatic rings. The minimum absolute atomic E-state index is 0. The van der Waals surface area contributed by atoms with E-state index in [0.29, 0.717) is 24.9 Å². The average molecular weight is 415 g/mol. The fourth-order valence-electron chi connectivity index (χ4n) is 4.03. The molecule has 1 aromatic carbocycles. The zero-order valence-electron chi connectivity index (χ0n) is 16.4. The van der Waals surface area contributed by atoms with Crippen LogP contribution in [0.3, 0.4) is 0 Å². The van der Waals surface area contributed by atoms with Crippen LogP contribution in [0.1, 0.15) is 47.3 Å². The number of carbonyl (C=O) groups is 2. The van der Waals surface area contributed by atoms with Crippen LogP contribution in [0.2, 0.25) is 0 Å². The number of aryl methyl sites for hydroxylation is 1. The standard InChI is InChI=1S/C22H26N4O2.ClH/c27-21-9-7-16-14-17(6-8-20(16)25-21)22(28)26(15-18-4-1-2-12-24-18)19-5-3-11-23-13-10-19;/h1-2,4,6,8,12,14,19,23H,3,5,7,9-11,13,15H2,(H,25,27);1H. The number of benzene rings is 1. The van der Waals surface area contributed by atoms with Crippen LogP contribution in [0, 0.1) is 0 Å². The lowest BCUT2D eigenvalue weighted by Crippen LogP contribution is -2.40. The summed E-state index contributed by atoms with van der Waals surface area (Å²) in [5, 5.41) is 6.31. The zero-order valence-corrected chi connectivity index (χ0v) is 17.2. The highest BCUT2D eigenvalue weighted by atomic mass is 35.5. The molecule has 154 valence electrons. The minimum atomic E-state index is 0. The van der Waals surface area contributed by atoms with E-state index in [2.05, 4.69) is 15.6 Å². The molecule has 2 aliphatic heterocycles. The molecular weight excluding hydrogens is 388 g/mol.